The third kappa shape index (κ3) is 4.86. The van der Waals surface area contributed by atoms with Crippen LogP contribution in [-0.4, -0.2) is 16.5 Å². The molecule has 1 aromatic rings. The topological polar surface area (TPSA) is 37.8 Å². The first-order valence-electron chi connectivity index (χ1n) is 6.16. The molecule has 0 aliphatic carbocycles. The van der Waals surface area contributed by atoms with Crippen LogP contribution in [-0.2, 0) is 0 Å². The minimum Gasteiger partial charge on any atom is -0.370 e. The molecule has 0 aliphatic heterocycles. The van der Waals surface area contributed by atoms with Gasteiger partial charge in [0.25, 0.3) is 0 Å². The second kappa shape index (κ2) is 6.90. The normalized spacial score (nSPS) is 10.3. The number of aryl methyl sites for hydroxylation is 1. The van der Waals surface area contributed by atoms with Gasteiger partial charge in [0.2, 0.25) is 0 Å². The highest BCUT2D eigenvalue weighted by atomic mass is 15.0. The van der Waals surface area contributed by atoms with Crippen molar-refractivity contribution in [1.82, 2.24) is 9.97 Å². The molecule has 0 bridgehead atoms. The Hall–Kier alpha value is -1.56. The first kappa shape index (κ1) is 13.5. The van der Waals surface area contributed by atoms with Crippen LogP contribution in [0.2, 0.25) is 0 Å². The highest BCUT2D eigenvalue weighted by Crippen LogP contribution is 2.13. The minimum atomic E-state index is 0.358. The van der Waals surface area contributed by atoms with E-state index in [4.69, 9.17) is 6.42 Å². The van der Waals surface area contributed by atoms with Crippen molar-refractivity contribution in [2.24, 2.45) is 0 Å². The van der Waals surface area contributed by atoms with E-state index in [-0.39, 0.29) is 0 Å². The van der Waals surface area contributed by atoms with Crippen LogP contribution >= 0.6 is 0 Å². The molecule has 3 heteroatoms. The highest BCUT2D eigenvalue weighted by molar-refractivity contribution is 5.36. The summed E-state index contributed by atoms with van der Waals surface area (Å²) in [6.45, 7) is 7.11. The Kier molecular flexibility index (Phi) is 5.48. The van der Waals surface area contributed by atoms with Crippen molar-refractivity contribution in [1.29, 1.82) is 0 Å². The smallest absolute Gasteiger partial charge is 0.133 e. The van der Waals surface area contributed by atoms with Crippen LogP contribution in [0.15, 0.2) is 6.07 Å². The number of rotatable bonds is 6. The molecule has 0 aromatic carbocycles. The molecule has 0 aliphatic rings. The maximum Gasteiger partial charge on any atom is 0.133 e. The van der Waals surface area contributed by atoms with Gasteiger partial charge in [0.15, 0.2) is 0 Å². The Bertz CT molecular complexity index is 391. The van der Waals surface area contributed by atoms with Gasteiger partial charge < -0.3 is 5.32 Å². The monoisotopic (exact) mass is 231 g/mol. The van der Waals surface area contributed by atoms with Crippen LogP contribution in [0.25, 0.3) is 0 Å². The van der Waals surface area contributed by atoms with Gasteiger partial charge in [0.1, 0.15) is 11.6 Å². The summed E-state index contributed by atoms with van der Waals surface area (Å²) in [5.74, 6) is 4.82. The number of terminal acetylenes is 1. The number of nitrogens with one attached hydrogen (secondary N) is 1. The van der Waals surface area contributed by atoms with Crippen molar-refractivity contribution in [3.63, 3.8) is 0 Å². The second-order valence-corrected chi connectivity index (χ2v) is 4.50. The van der Waals surface area contributed by atoms with Gasteiger partial charge in [-0.2, -0.15) is 0 Å². The van der Waals surface area contributed by atoms with Crippen molar-refractivity contribution in [3.05, 3.63) is 17.6 Å². The molecule has 0 radical (unpaired) electrons. The molecular weight excluding hydrogens is 210 g/mol. The van der Waals surface area contributed by atoms with Gasteiger partial charge in [-0.05, 0) is 19.8 Å². The molecular formula is C14H21N3. The quantitative estimate of drug-likeness (QED) is 0.604. The Morgan fingerprint density at radius 2 is 2.12 bits per heavy atom. The fourth-order valence-corrected chi connectivity index (χ4v) is 1.51. The second-order valence-electron chi connectivity index (χ2n) is 4.50. The lowest BCUT2D eigenvalue weighted by Crippen LogP contribution is -2.07. The lowest BCUT2D eigenvalue weighted by Gasteiger charge is -2.09. The van der Waals surface area contributed by atoms with Gasteiger partial charge >= 0.3 is 0 Å². The number of aromatic nitrogens is 2. The summed E-state index contributed by atoms with van der Waals surface area (Å²) in [6, 6.07) is 1.98. The fourth-order valence-electron chi connectivity index (χ4n) is 1.51. The first-order chi connectivity index (χ1) is 8.13. The minimum absolute atomic E-state index is 0.358. The summed E-state index contributed by atoms with van der Waals surface area (Å²) < 4.78 is 0. The van der Waals surface area contributed by atoms with Crippen molar-refractivity contribution in [2.45, 2.75) is 46.0 Å². The van der Waals surface area contributed by atoms with Crippen molar-refractivity contribution in [2.75, 3.05) is 11.9 Å². The van der Waals surface area contributed by atoms with E-state index in [0.29, 0.717) is 5.92 Å². The summed E-state index contributed by atoms with van der Waals surface area (Å²) in [4.78, 5) is 8.90. The molecule has 1 N–H and O–H groups in total. The molecule has 0 atom stereocenters. The van der Waals surface area contributed by atoms with Gasteiger partial charge in [0.05, 0.1) is 0 Å². The fraction of sp³-hybridized carbons (Fsp3) is 0.571. The molecule has 1 rings (SSSR count). The zero-order valence-electron chi connectivity index (χ0n) is 11.0. The zero-order valence-corrected chi connectivity index (χ0v) is 11.0. The van der Waals surface area contributed by atoms with E-state index >= 15 is 0 Å². The highest BCUT2D eigenvalue weighted by Gasteiger charge is 2.05. The van der Waals surface area contributed by atoms with Gasteiger partial charge in [-0.1, -0.05) is 13.8 Å². The van der Waals surface area contributed by atoms with Crippen LogP contribution in [0, 0.1) is 19.3 Å². The number of anilines is 1. The van der Waals surface area contributed by atoms with E-state index in [1.165, 1.54) is 0 Å². The third-order valence-electron chi connectivity index (χ3n) is 2.44. The molecule has 0 amide bonds. The molecule has 3 nitrogen and oxygen atoms in total. The molecule has 17 heavy (non-hydrogen) atoms. The van der Waals surface area contributed by atoms with Crippen LogP contribution in [0.4, 0.5) is 5.82 Å². The molecule has 92 valence electrons. The van der Waals surface area contributed by atoms with Crippen LogP contribution in [0.3, 0.4) is 0 Å². The largest absolute Gasteiger partial charge is 0.370 e. The average Bonchev–Trinajstić information content (AvgIpc) is 2.28. The first-order valence-corrected chi connectivity index (χ1v) is 6.16. The van der Waals surface area contributed by atoms with E-state index < -0.39 is 0 Å². The predicted molar refractivity (Wildman–Crippen MR) is 72.0 cm³/mol. The van der Waals surface area contributed by atoms with Gasteiger partial charge in [-0.15, -0.1) is 12.3 Å². The summed E-state index contributed by atoms with van der Waals surface area (Å²) in [5, 5.41) is 3.32. The van der Waals surface area contributed by atoms with Gasteiger partial charge in [-0.25, -0.2) is 9.97 Å². The molecule has 0 fully saturated rings. The lowest BCUT2D eigenvalue weighted by atomic mass is 10.2. The van der Waals surface area contributed by atoms with Gasteiger partial charge in [-0.3, -0.25) is 0 Å². The van der Waals surface area contributed by atoms with E-state index in [1.807, 2.05) is 13.0 Å². The van der Waals surface area contributed by atoms with E-state index in [1.54, 1.807) is 0 Å². The molecule has 0 unspecified atom stereocenters. The number of hydrogen-bond acceptors (Lipinski definition) is 3. The summed E-state index contributed by atoms with van der Waals surface area (Å²) in [6.07, 6.45) is 8.19. The van der Waals surface area contributed by atoms with Crippen molar-refractivity contribution < 1.29 is 0 Å². The third-order valence-corrected chi connectivity index (χ3v) is 2.44. The maximum atomic E-state index is 5.20. The predicted octanol–water partition coefficient (Wildman–Crippen LogP) is 3.12. The molecule has 0 spiro atoms. The van der Waals surface area contributed by atoms with E-state index in [0.717, 1.165) is 43.1 Å². The Balaban J connectivity index is 2.50. The van der Waals surface area contributed by atoms with Crippen LogP contribution in [0.1, 0.15) is 50.5 Å². The van der Waals surface area contributed by atoms with Crippen LogP contribution < -0.4 is 5.32 Å². The molecule has 1 heterocycles. The van der Waals surface area contributed by atoms with Gasteiger partial charge in [0, 0.05) is 30.6 Å². The summed E-state index contributed by atoms with van der Waals surface area (Å²) >= 11 is 0. The molecule has 1 aromatic heterocycles. The Morgan fingerprint density at radius 1 is 1.35 bits per heavy atom. The molecule has 0 saturated heterocycles. The average molecular weight is 231 g/mol. The van der Waals surface area contributed by atoms with Crippen molar-refractivity contribution in [3.8, 4) is 12.3 Å². The van der Waals surface area contributed by atoms with E-state index in [2.05, 4.69) is 35.1 Å². The van der Waals surface area contributed by atoms with E-state index in [9.17, 15) is 0 Å². The van der Waals surface area contributed by atoms with Crippen molar-refractivity contribution >= 4 is 5.82 Å². The standard InChI is InChI=1S/C14H21N3/c1-5-6-7-8-9-15-13-10-12(4)16-14(17-13)11(2)3/h1,10-11H,6-9H2,2-4H3,(H,15,16,17). The Labute approximate surface area is 104 Å². The zero-order chi connectivity index (χ0) is 12.7. The summed E-state index contributed by atoms with van der Waals surface area (Å²) in [5.41, 5.74) is 1.01. The maximum absolute atomic E-state index is 5.20. The lowest BCUT2D eigenvalue weighted by molar-refractivity contribution is 0.758. The number of hydrogen-bond donors (Lipinski definition) is 1. The summed E-state index contributed by atoms with van der Waals surface area (Å²) in [7, 11) is 0. The number of nitrogens with zero attached hydrogens (tertiary/aromatic N) is 2. The molecule has 0 saturated carbocycles. The number of unbranched alkanes of at least 4 members (excludes halogenated alkanes) is 2. The SMILES string of the molecule is C#CCCCCNc1cc(C)nc(C(C)C)n1. The Morgan fingerprint density at radius 3 is 2.76 bits per heavy atom. The van der Waals surface area contributed by atoms with Crippen LogP contribution in [0.5, 0.6) is 0 Å².